The number of hydrogen-bond donors (Lipinski definition) is 1. The predicted octanol–water partition coefficient (Wildman–Crippen LogP) is 4.64. The summed E-state index contributed by atoms with van der Waals surface area (Å²) in [6.45, 7) is 8.19. The molecule has 30 heavy (non-hydrogen) atoms. The van der Waals surface area contributed by atoms with Crippen LogP contribution in [0.2, 0.25) is 0 Å². The molecule has 3 aromatic rings. The summed E-state index contributed by atoms with van der Waals surface area (Å²) in [6, 6.07) is 7.24. The van der Waals surface area contributed by atoms with Crippen LogP contribution in [-0.4, -0.2) is 34.9 Å². The van der Waals surface area contributed by atoms with Crippen molar-refractivity contribution < 1.29 is 14.3 Å². The zero-order valence-electron chi connectivity index (χ0n) is 18.4. The molecule has 0 atom stereocenters. The van der Waals surface area contributed by atoms with E-state index in [0.717, 1.165) is 35.3 Å². The van der Waals surface area contributed by atoms with Crippen LogP contribution in [0, 0.1) is 6.92 Å². The van der Waals surface area contributed by atoms with E-state index in [0.29, 0.717) is 28.7 Å². The van der Waals surface area contributed by atoms with Crippen molar-refractivity contribution in [3.8, 4) is 11.5 Å². The largest absolute Gasteiger partial charge is 0.497 e. The number of nitrogens with zero attached hydrogens (tertiary/aromatic N) is 3. The van der Waals surface area contributed by atoms with E-state index < -0.39 is 0 Å². The summed E-state index contributed by atoms with van der Waals surface area (Å²) >= 11 is 0. The third-order valence-electron chi connectivity index (χ3n) is 5.37. The molecular formula is C23H28N4O3. The molecular weight excluding hydrogens is 380 g/mol. The van der Waals surface area contributed by atoms with Crippen LogP contribution >= 0.6 is 0 Å². The molecule has 4 rings (SSSR count). The van der Waals surface area contributed by atoms with Gasteiger partial charge in [0.1, 0.15) is 11.5 Å². The highest BCUT2D eigenvalue weighted by atomic mass is 16.5. The molecule has 1 saturated carbocycles. The summed E-state index contributed by atoms with van der Waals surface area (Å²) in [7, 11) is 3.16. The highest BCUT2D eigenvalue weighted by Gasteiger charge is 2.30. The van der Waals surface area contributed by atoms with Gasteiger partial charge in [-0.05, 0) is 58.7 Å². The first-order chi connectivity index (χ1) is 14.2. The average Bonchev–Trinajstić information content (AvgIpc) is 3.50. The lowest BCUT2D eigenvalue weighted by molar-refractivity contribution is 0.102. The number of pyridine rings is 1. The van der Waals surface area contributed by atoms with E-state index in [9.17, 15) is 4.79 Å². The van der Waals surface area contributed by atoms with Crippen molar-refractivity contribution in [3.05, 3.63) is 41.2 Å². The van der Waals surface area contributed by atoms with Gasteiger partial charge in [0.15, 0.2) is 5.65 Å². The van der Waals surface area contributed by atoms with Crippen molar-refractivity contribution in [2.45, 2.75) is 52.0 Å². The van der Waals surface area contributed by atoms with Crippen molar-refractivity contribution >= 4 is 22.6 Å². The first-order valence-electron chi connectivity index (χ1n) is 10.2. The third-order valence-corrected chi connectivity index (χ3v) is 5.37. The zero-order chi connectivity index (χ0) is 21.6. The minimum atomic E-state index is -0.241. The lowest BCUT2D eigenvalue weighted by Gasteiger charge is -2.20. The van der Waals surface area contributed by atoms with Crippen LogP contribution in [0.5, 0.6) is 11.5 Å². The number of hydrogen-bond acceptors (Lipinski definition) is 5. The van der Waals surface area contributed by atoms with Crippen LogP contribution in [0.4, 0.5) is 5.69 Å². The second kappa shape index (κ2) is 7.31. The van der Waals surface area contributed by atoms with Crippen molar-refractivity contribution in [1.29, 1.82) is 0 Å². The van der Waals surface area contributed by atoms with Crippen LogP contribution in [0.25, 0.3) is 11.0 Å². The van der Waals surface area contributed by atoms with Crippen molar-refractivity contribution in [1.82, 2.24) is 14.8 Å². The van der Waals surface area contributed by atoms with Crippen LogP contribution in [0.1, 0.15) is 61.3 Å². The van der Waals surface area contributed by atoms with Gasteiger partial charge in [0, 0.05) is 17.7 Å². The number of rotatable bonds is 5. The number of aromatic nitrogens is 3. The van der Waals surface area contributed by atoms with Crippen molar-refractivity contribution in [2.75, 3.05) is 19.5 Å². The van der Waals surface area contributed by atoms with E-state index in [1.165, 1.54) is 0 Å². The molecule has 1 amide bonds. The maximum atomic E-state index is 13.4. The Labute approximate surface area is 176 Å². The number of nitrogens with one attached hydrogen (secondary N) is 1. The Morgan fingerprint density at radius 1 is 1.17 bits per heavy atom. The molecule has 0 aliphatic heterocycles. The number of ether oxygens (including phenoxy) is 2. The van der Waals surface area contributed by atoms with Gasteiger partial charge >= 0.3 is 0 Å². The van der Waals surface area contributed by atoms with E-state index in [1.807, 2.05) is 17.7 Å². The molecule has 158 valence electrons. The summed E-state index contributed by atoms with van der Waals surface area (Å²) in [4.78, 5) is 18.3. The summed E-state index contributed by atoms with van der Waals surface area (Å²) < 4.78 is 12.6. The van der Waals surface area contributed by atoms with Crippen LogP contribution in [-0.2, 0) is 5.54 Å². The lowest BCUT2D eigenvalue weighted by Crippen LogP contribution is -2.23. The third kappa shape index (κ3) is 3.60. The van der Waals surface area contributed by atoms with E-state index in [1.54, 1.807) is 32.4 Å². The molecule has 2 aromatic heterocycles. The van der Waals surface area contributed by atoms with Gasteiger partial charge in [0.05, 0.1) is 42.1 Å². The minimum Gasteiger partial charge on any atom is -0.497 e. The number of aryl methyl sites for hydroxylation is 1. The molecule has 1 aromatic carbocycles. The van der Waals surface area contributed by atoms with Crippen LogP contribution in [0.15, 0.2) is 24.3 Å². The number of carbonyl (C=O) groups is 1. The Hall–Kier alpha value is -3.09. The number of carbonyl (C=O) groups excluding carboxylic acids is 1. The number of anilines is 1. The molecule has 0 radical (unpaired) electrons. The summed E-state index contributed by atoms with van der Waals surface area (Å²) in [6.07, 6.45) is 2.21. The number of fused-ring (bicyclic) bond motifs is 1. The fourth-order valence-electron chi connectivity index (χ4n) is 3.63. The number of methoxy groups -OCH3 is 2. The second-order valence-electron chi connectivity index (χ2n) is 8.76. The van der Waals surface area contributed by atoms with Crippen LogP contribution < -0.4 is 14.8 Å². The smallest absolute Gasteiger partial charge is 0.256 e. The fraction of sp³-hybridized carbons (Fsp3) is 0.435. The summed E-state index contributed by atoms with van der Waals surface area (Å²) in [5.41, 5.74) is 3.45. The van der Waals surface area contributed by atoms with Crippen LogP contribution in [0.3, 0.4) is 0 Å². The van der Waals surface area contributed by atoms with Gasteiger partial charge in [0.25, 0.3) is 5.91 Å². The Bertz CT molecular complexity index is 1120. The van der Waals surface area contributed by atoms with Gasteiger partial charge in [-0.3, -0.25) is 4.79 Å². The van der Waals surface area contributed by atoms with Crippen molar-refractivity contribution in [2.24, 2.45) is 0 Å². The second-order valence-corrected chi connectivity index (χ2v) is 8.76. The number of amides is 1. The van der Waals surface area contributed by atoms with Gasteiger partial charge < -0.3 is 14.8 Å². The Kier molecular flexibility index (Phi) is 4.92. The van der Waals surface area contributed by atoms with Gasteiger partial charge in [-0.25, -0.2) is 9.67 Å². The quantitative estimate of drug-likeness (QED) is 0.665. The zero-order valence-corrected chi connectivity index (χ0v) is 18.4. The van der Waals surface area contributed by atoms with E-state index in [-0.39, 0.29) is 11.4 Å². The van der Waals surface area contributed by atoms with Gasteiger partial charge in [-0.2, -0.15) is 5.10 Å². The molecule has 7 heteroatoms. The SMILES string of the molecule is COc1ccc(NC(=O)c2cc(C3CC3)nc3c2c(C)nn3C(C)(C)C)c(OC)c1. The average molecular weight is 409 g/mol. The topological polar surface area (TPSA) is 78.3 Å². The Balaban J connectivity index is 1.82. The maximum absolute atomic E-state index is 13.4. The first-order valence-corrected chi connectivity index (χ1v) is 10.2. The molecule has 0 bridgehead atoms. The molecule has 2 heterocycles. The standard InChI is InChI=1S/C23H28N4O3/c1-13-20-16(22(28)25-17-10-9-15(29-5)11-19(17)30-6)12-18(14-7-8-14)24-21(20)27(26-13)23(2,3)4/h9-12,14H,7-8H2,1-6H3,(H,25,28). The van der Waals surface area contributed by atoms with Gasteiger partial charge in [-0.15, -0.1) is 0 Å². The highest BCUT2D eigenvalue weighted by Crippen LogP contribution is 2.41. The van der Waals surface area contributed by atoms with Gasteiger partial charge in [0.2, 0.25) is 0 Å². The van der Waals surface area contributed by atoms with Gasteiger partial charge in [-0.1, -0.05) is 0 Å². The molecule has 0 spiro atoms. The first kappa shape index (κ1) is 20.2. The monoisotopic (exact) mass is 408 g/mol. The maximum Gasteiger partial charge on any atom is 0.256 e. The molecule has 1 aliphatic carbocycles. The summed E-state index contributed by atoms with van der Waals surface area (Å²) in [5.74, 6) is 1.41. The van der Waals surface area contributed by atoms with E-state index in [4.69, 9.17) is 19.6 Å². The van der Waals surface area contributed by atoms with E-state index in [2.05, 4.69) is 26.1 Å². The molecule has 1 aliphatic rings. The fourth-order valence-corrected chi connectivity index (χ4v) is 3.63. The molecule has 0 unspecified atom stereocenters. The number of benzene rings is 1. The van der Waals surface area contributed by atoms with Crippen molar-refractivity contribution in [3.63, 3.8) is 0 Å². The summed E-state index contributed by atoms with van der Waals surface area (Å²) in [5, 5.41) is 8.51. The minimum absolute atomic E-state index is 0.204. The molecule has 7 nitrogen and oxygen atoms in total. The molecule has 0 saturated heterocycles. The molecule has 1 fully saturated rings. The molecule has 1 N–H and O–H groups in total. The Morgan fingerprint density at radius 3 is 2.50 bits per heavy atom. The highest BCUT2D eigenvalue weighted by molar-refractivity contribution is 6.13. The Morgan fingerprint density at radius 2 is 1.90 bits per heavy atom. The lowest BCUT2D eigenvalue weighted by atomic mass is 10.1. The van der Waals surface area contributed by atoms with E-state index >= 15 is 0 Å². The normalized spacial score (nSPS) is 14.1. The predicted molar refractivity (Wildman–Crippen MR) is 117 cm³/mol.